The molecule has 0 radical (unpaired) electrons. The Kier molecular flexibility index (Phi) is 2.80. The molecule has 21 heavy (non-hydrogen) atoms. The van der Waals surface area contributed by atoms with E-state index in [1.807, 2.05) is 42.5 Å². The summed E-state index contributed by atoms with van der Waals surface area (Å²) in [5, 5.41) is 2.06. The van der Waals surface area contributed by atoms with E-state index >= 15 is 0 Å². The van der Waals surface area contributed by atoms with Gasteiger partial charge in [0.05, 0.1) is 0 Å². The van der Waals surface area contributed by atoms with Gasteiger partial charge in [-0.1, -0.05) is 30.3 Å². The summed E-state index contributed by atoms with van der Waals surface area (Å²) in [5.41, 5.74) is 2.39. The third kappa shape index (κ3) is 2.04. The van der Waals surface area contributed by atoms with Crippen molar-refractivity contribution in [3.8, 4) is 11.4 Å². The van der Waals surface area contributed by atoms with Crippen molar-refractivity contribution < 1.29 is 4.42 Å². The van der Waals surface area contributed by atoms with Gasteiger partial charge in [-0.15, -0.1) is 0 Å². The number of aromatic nitrogens is 3. The van der Waals surface area contributed by atoms with Crippen LogP contribution in [0.5, 0.6) is 0 Å². The first-order valence-corrected chi connectivity index (χ1v) is 6.96. The number of hydrogen-bond acceptors (Lipinski definition) is 4. The van der Waals surface area contributed by atoms with Crippen molar-refractivity contribution in [2.75, 3.05) is 0 Å². The van der Waals surface area contributed by atoms with Gasteiger partial charge in [-0.05, 0) is 35.3 Å². The van der Waals surface area contributed by atoms with Crippen LogP contribution < -0.4 is 0 Å². The summed E-state index contributed by atoms with van der Waals surface area (Å²) in [6.45, 7) is 0. The summed E-state index contributed by atoms with van der Waals surface area (Å²) in [6.07, 6.45) is 0. The van der Waals surface area contributed by atoms with E-state index in [-0.39, 0.29) is 10.6 Å². The molecule has 4 rings (SSSR count). The maximum Gasteiger partial charge on any atom is 0.227 e. The van der Waals surface area contributed by atoms with E-state index in [1.165, 1.54) is 0 Å². The molecule has 4 nitrogen and oxygen atoms in total. The van der Waals surface area contributed by atoms with Gasteiger partial charge in [0.2, 0.25) is 10.6 Å². The first-order valence-electron chi connectivity index (χ1n) is 6.20. The van der Waals surface area contributed by atoms with Crippen LogP contribution in [-0.4, -0.2) is 15.0 Å². The number of furan rings is 1. The Bertz CT molecular complexity index is 961. The van der Waals surface area contributed by atoms with Gasteiger partial charge in [-0.2, -0.15) is 15.0 Å². The maximum atomic E-state index is 5.87. The Morgan fingerprint density at radius 3 is 2.29 bits per heavy atom. The highest BCUT2D eigenvalue weighted by molar-refractivity contribution is 6.31. The zero-order valence-corrected chi connectivity index (χ0v) is 12.1. The molecule has 0 atom stereocenters. The second kappa shape index (κ2) is 4.69. The molecule has 0 amide bonds. The molecule has 0 aliphatic heterocycles. The van der Waals surface area contributed by atoms with Crippen LogP contribution in [0.2, 0.25) is 10.6 Å². The molecule has 4 aromatic rings. The number of rotatable bonds is 1. The molecule has 102 valence electrons. The number of benzene rings is 2. The summed E-state index contributed by atoms with van der Waals surface area (Å²) in [5.74, 6) is 0.428. The zero-order valence-electron chi connectivity index (χ0n) is 10.5. The van der Waals surface area contributed by atoms with Crippen LogP contribution in [0, 0.1) is 0 Å². The van der Waals surface area contributed by atoms with Crippen LogP contribution >= 0.6 is 23.2 Å². The predicted octanol–water partition coefficient (Wildman–Crippen LogP) is 4.74. The van der Waals surface area contributed by atoms with Gasteiger partial charge in [0, 0.05) is 16.3 Å². The number of fused-ring (bicyclic) bond motifs is 3. The van der Waals surface area contributed by atoms with E-state index in [0.29, 0.717) is 5.82 Å². The van der Waals surface area contributed by atoms with Gasteiger partial charge < -0.3 is 4.42 Å². The average molecular weight is 316 g/mol. The molecule has 2 aromatic carbocycles. The lowest BCUT2D eigenvalue weighted by atomic mass is 10.1. The minimum absolute atomic E-state index is 0.0646. The van der Waals surface area contributed by atoms with Crippen LogP contribution in [0.15, 0.2) is 46.9 Å². The smallest absolute Gasteiger partial charge is 0.227 e. The molecule has 0 aliphatic carbocycles. The Labute approximate surface area is 129 Å². The molecule has 0 unspecified atom stereocenters. The Balaban J connectivity index is 2.13. The third-order valence-corrected chi connectivity index (χ3v) is 3.56. The normalized spacial score (nSPS) is 11.3. The second-order valence-corrected chi connectivity index (χ2v) is 5.15. The molecular weight excluding hydrogens is 309 g/mol. The summed E-state index contributed by atoms with van der Waals surface area (Å²) < 4.78 is 5.84. The summed E-state index contributed by atoms with van der Waals surface area (Å²) in [6, 6.07) is 13.5. The second-order valence-electron chi connectivity index (χ2n) is 4.47. The van der Waals surface area contributed by atoms with Crippen LogP contribution in [0.4, 0.5) is 0 Å². The summed E-state index contributed by atoms with van der Waals surface area (Å²) in [7, 11) is 0. The molecule has 0 saturated carbocycles. The maximum absolute atomic E-state index is 5.87. The average Bonchev–Trinajstić information content (AvgIpc) is 2.84. The van der Waals surface area contributed by atoms with Crippen molar-refractivity contribution >= 4 is 45.1 Å². The molecule has 0 N–H and O–H groups in total. The SMILES string of the molecule is Clc1nc(Cl)nc(-c2cccc3oc4ccccc4c23)n1. The molecule has 0 spiro atoms. The third-order valence-electron chi connectivity index (χ3n) is 3.22. The molecule has 0 aliphatic rings. The highest BCUT2D eigenvalue weighted by Crippen LogP contribution is 2.35. The van der Waals surface area contributed by atoms with Crippen molar-refractivity contribution in [1.29, 1.82) is 0 Å². The van der Waals surface area contributed by atoms with Crippen molar-refractivity contribution in [1.82, 2.24) is 15.0 Å². The van der Waals surface area contributed by atoms with Crippen LogP contribution in [0.1, 0.15) is 0 Å². The van der Waals surface area contributed by atoms with Crippen molar-refractivity contribution in [3.63, 3.8) is 0 Å². The number of para-hydroxylation sites is 1. The fraction of sp³-hybridized carbons (Fsp3) is 0. The van der Waals surface area contributed by atoms with Gasteiger partial charge in [0.15, 0.2) is 5.82 Å². The predicted molar refractivity (Wildman–Crippen MR) is 82.6 cm³/mol. The van der Waals surface area contributed by atoms with Gasteiger partial charge in [-0.25, -0.2) is 0 Å². The highest BCUT2D eigenvalue weighted by atomic mass is 35.5. The first-order chi connectivity index (χ1) is 10.2. The fourth-order valence-corrected chi connectivity index (χ4v) is 2.77. The fourth-order valence-electron chi connectivity index (χ4n) is 2.41. The van der Waals surface area contributed by atoms with E-state index in [4.69, 9.17) is 27.6 Å². The van der Waals surface area contributed by atoms with Gasteiger partial charge in [0.25, 0.3) is 0 Å². The summed E-state index contributed by atoms with van der Waals surface area (Å²) in [4.78, 5) is 12.1. The van der Waals surface area contributed by atoms with Gasteiger partial charge in [-0.3, -0.25) is 0 Å². The minimum Gasteiger partial charge on any atom is -0.456 e. The lowest BCUT2D eigenvalue weighted by Crippen LogP contribution is -1.94. The molecule has 0 bridgehead atoms. The number of halogens is 2. The standard InChI is InChI=1S/C15H7Cl2N3O/c16-14-18-13(19-15(17)20-14)9-5-3-7-11-12(9)8-4-1-2-6-10(8)21-11/h1-7H. The number of nitrogens with zero attached hydrogens (tertiary/aromatic N) is 3. The van der Waals surface area contributed by atoms with Gasteiger partial charge >= 0.3 is 0 Å². The van der Waals surface area contributed by atoms with E-state index in [0.717, 1.165) is 27.5 Å². The van der Waals surface area contributed by atoms with E-state index < -0.39 is 0 Å². The largest absolute Gasteiger partial charge is 0.456 e. The first kappa shape index (κ1) is 12.6. The van der Waals surface area contributed by atoms with Crippen molar-refractivity contribution in [2.45, 2.75) is 0 Å². The van der Waals surface area contributed by atoms with E-state index in [2.05, 4.69) is 15.0 Å². The lowest BCUT2D eigenvalue weighted by molar-refractivity contribution is 0.669. The quantitative estimate of drug-likeness (QED) is 0.509. The molecule has 6 heteroatoms. The Morgan fingerprint density at radius 2 is 1.48 bits per heavy atom. The molecule has 2 aromatic heterocycles. The monoisotopic (exact) mass is 315 g/mol. The minimum atomic E-state index is 0.0646. The molecule has 2 heterocycles. The van der Waals surface area contributed by atoms with Crippen molar-refractivity contribution in [3.05, 3.63) is 53.0 Å². The number of hydrogen-bond donors (Lipinski definition) is 0. The van der Waals surface area contributed by atoms with E-state index in [9.17, 15) is 0 Å². The molecule has 0 saturated heterocycles. The van der Waals surface area contributed by atoms with Crippen LogP contribution in [0.3, 0.4) is 0 Å². The Morgan fingerprint density at radius 1 is 0.762 bits per heavy atom. The van der Waals surface area contributed by atoms with Crippen LogP contribution in [-0.2, 0) is 0 Å². The Hall–Kier alpha value is -2.17. The van der Waals surface area contributed by atoms with E-state index in [1.54, 1.807) is 0 Å². The topological polar surface area (TPSA) is 51.8 Å². The highest BCUT2D eigenvalue weighted by Gasteiger charge is 2.14. The summed E-state index contributed by atoms with van der Waals surface area (Å²) >= 11 is 11.7. The molecule has 0 fully saturated rings. The molecular formula is C15H7Cl2N3O. The zero-order chi connectivity index (χ0) is 14.4. The lowest BCUT2D eigenvalue weighted by Gasteiger charge is -2.02. The van der Waals surface area contributed by atoms with Gasteiger partial charge in [0.1, 0.15) is 11.2 Å². The van der Waals surface area contributed by atoms with Crippen LogP contribution in [0.25, 0.3) is 33.3 Å². The van der Waals surface area contributed by atoms with Crippen molar-refractivity contribution in [2.24, 2.45) is 0 Å².